The van der Waals surface area contributed by atoms with Gasteiger partial charge in [-0.25, -0.2) is 9.59 Å². The molecule has 0 aromatic heterocycles. The average molecular weight is 309 g/mol. The molecule has 1 aromatic carbocycles. The summed E-state index contributed by atoms with van der Waals surface area (Å²) < 4.78 is 9.95. The summed E-state index contributed by atoms with van der Waals surface area (Å²) >= 11 is 0. The highest BCUT2D eigenvalue weighted by Crippen LogP contribution is 2.19. The minimum absolute atomic E-state index is 0.0800. The SMILES string of the molecule is CCCCOC(=O)[C@H](C)OC(=O)c1ccc([N+](=O)[O-])c(C)c1. The zero-order valence-corrected chi connectivity index (χ0v) is 12.8. The van der Waals surface area contributed by atoms with Crippen molar-refractivity contribution in [3.63, 3.8) is 0 Å². The molecule has 0 aliphatic heterocycles. The fraction of sp³-hybridized carbons (Fsp3) is 0.467. The molecule has 0 fully saturated rings. The fourth-order valence-electron chi connectivity index (χ4n) is 1.70. The second-order valence-electron chi connectivity index (χ2n) is 4.83. The smallest absolute Gasteiger partial charge is 0.347 e. The number of nitro benzene ring substituents is 1. The van der Waals surface area contributed by atoms with Crippen molar-refractivity contribution in [2.45, 2.75) is 39.7 Å². The number of hydrogen-bond donors (Lipinski definition) is 0. The predicted octanol–water partition coefficient (Wildman–Crippen LogP) is 2.79. The zero-order valence-electron chi connectivity index (χ0n) is 12.8. The number of benzene rings is 1. The number of carbonyl (C=O) groups excluding carboxylic acids is 2. The third kappa shape index (κ3) is 4.83. The first-order valence-electron chi connectivity index (χ1n) is 6.99. The van der Waals surface area contributed by atoms with Crippen LogP contribution in [0.5, 0.6) is 0 Å². The molecule has 0 N–H and O–H groups in total. The van der Waals surface area contributed by atoms with Crippen LogP contribution in [0, 0.1) is 17.0 Å². The molecule has 7 heteroatoms. The molecule has 0 aliphatic rings. The Balaban J connectivity index is 2.66. The zero-order chi connectivity index (χ0) is 16.7. The van der Waals surface area contributed by atoms with Crippen molar-refractivity contribution in [1.29, 1.82) is 0 Å². The van der Waals surface area contributed by atoms with E-state index in [1.165, 1.54) is 32.0 Å². The Hall–Kier alpha value is -2.44. The van der Waals surface area contributed by atoms with E-state index in [1.54, 1.807) is 0 Å². The Bertz CT molecular complexity index is 569. The highest BCUT2D eigenvalue weighted by atomic mass is 16.6. The first kappa shape index (κ1) is 17.6. The molecule has 0 radical (unpaired) electrons. The molecule has 0 spiro atoms. The van der Waals surface area contributed by atoms with Crippen molar-refractivity contribution in [3.8, 4) is 0 Å². The molecule has 0 heterocycles. The van der Waals surface area contributed by atoms with Gasteiger partial charge in [-0.15, -0.1) is 0 Å². The predicted molar refractivity (Wildman–Crippen MR) is 78.6 cm³/mol. The van der Waals surface area contributed by atoms with E-state index in [0.29, 0.717) is 5.56 Å². The molecule has 22 heavy (non-hydrogen) atoms. The van der Waals surface area contributed by atoms with Gasteiger partial charge in [-0.05, 0) is 32.4 Å². The fourth-order valence-corrected chi connectivity index (χ4v) is 1.70. The summed E-state index contributed by atoms with van der Waals surface area (Å²) in [4.78, 5) is 33.7. The Morgan fingerprint density at radius 3 is 2.59 bits per heavy atom. The number of carbonyl (C=O) groups is 2. The quantitative estimate of drug-likeness (QED) is 0.332. The number of nitro groups is 1. The lowest BCUT2D eigenvalue weighted by Crippen LogP contribution is -2.26. The number of esters is 2. The maximum absolute atomic E-state index is 11.9. The van der Waals surface area contributed by atoms with Crippen molar-refractivity contribution in [2.24, 2.45) is 0 Å². The van der Waals surface area contributed by atoms with Crippen molar-refractivity contribution in [1.82, 2.24) is 0 Å². The van der Waals surface area contributed by atoms with Crippen LogP contribution in [-0.4, -0.2) is 29.6 Å². The molecule has 1 aromatic rings. The van der Waals surface area contributed by atoms with Gasteiger partial charge in [0.05, 0.1) is 17.1 Å². The van der Waals surface area contributed by atoms with Gasteiger partial charge in [0.15, 0.2) is 6.10 Å². The molecule has 0 bridgehead atoms. The van der Waals surface area contributed by atoms with Crippen molar-refractivity contribution >= 4 is 17.6 Å². The third-order valence-corrected chi connectivity index (χ3v) is 2.99. The van der Waals surface area contributed by atoms with E-state index in [2.05, 4.69) is 0 Å². The van der Waals surface area contributed by atoms with E-state index in [0.717, 1.165) is 12.8 Å². The minimum atomic E-state index is -1.03. The van der Waals surface area contributed by atoms with Crippen molar-refractivity contribution in [2.75, 3.05) is 6.61 Å². The normalized spacial score (nSPS) is 11.6. The number of hydrogen-bond acceptors (Lipinski definition) is 6. The van der Waals surface area contributed by atoms with Crippen molar-refractivity contribution in [3.05, 3.63) is 39.4 Å². The maximum atomic E-state index is 11.9. The van der Waals surface area contributed by atoms with Crippen LogP contribution in [0.15, 0.2) is 18.2 Å². The molecule has 0 unspecified atom stereocenters. The Morgan fingerprint density at radius 2 is 2.05 bits per heavy atom. The summed E-state index contributed by atoms with van der Waals surface area (Å²) in [6.07, 6.45) is 0.608. The van der Waals surface area contributed by atoms with Crippen LogP contribution in [0.25, 0.3) is 0 Å². The molecule has 0 amide bonds. The van der Waals surface area contributed by atoms with Gasteiger partial charge in [0.2, 0.25) is 0 Å². The van der Waals surface area contributed by atoms with Crippen LogP contribution < -0.4 is 0 Å². The summed E-state index contributed by atoms with van der Waals surface area (Å²) in [5.74, 6) is -1.33. The van der Waals surface area contributed by atoms with Crippen LogP contribution in [-0.2, 0) is 14.3 Å². The second kappa shape index (κ2) is 8.11. The molecule has 0 aliphatic carbocycles. The number of nitrogens with zero attached hydrogens (tertiary/aromatic N) is 1. The minimum Gasteiger partial charge on any atom is -0.463 e. The topological polar surface area (TPSA) is 95.7 Å². The number of ether oxygens (including phenoxy) is 2. The standard InChI is InChI=1S/C15H19NO6/c1-4-5-8-21-14(17)11(3)22-15(18)12-6-7-13(16(19)20)10(2)9-12/h6-7,9,11H,4-5,8H2,1-3H3/t11-/m0/s1. The summed E-state index contributed by atoms with van der Waals surface area (Å²) in [7, 11) is 0. The molecule has 1 rings (SSSR count). The second-order valence-corrected chi connectivity index (χ2v) is 4.83. The van der Waals surface area contributed by atoms with Crippen LogP contribution in [0.4, 0.5) is 5.69 Å². The molecular formula is C15H19NO6. The van der Waals surface area contributed by atoms with E-state index < -0.39 is 23.0 Å². The van der Waals surface area contributed by atoms with Crippen LogP contribution in [0.3, 0.4) is 0 Å². The summed E-state index contributed by atoms with van der Waals surface area (Å²) in [5, 5.41) is 10.7. The lowest BCUT2D eigenvalue weighted by molar-refractivity contribution is -0.385. The van der Waals surface area contributed by atoms with Crippen LogP contribution in [0.2, 0.25) is 0 Å². The van der Waals surface area contributed by atoms with Crippen molar-refractivity contribution < 1.29 is 24.0 Å². The molecule has 120 valence electrons. The van der Waals surface area contributed by atoms with Gasteiger partial charge >= 0.3 is 11.9 Å². The molecule has 0 saturated carbocycles. The first-order chi connectivity index (χ1) is 10.4. The number of rotatable bonds is 7. The lowest BCUT2D eigenvalue weighted by atomic mass is 10.1. The summed E-state index contributed by atoms with van der Waals surface area (Å²) in [5.41, 5.74) is 0.414. The maximum Gasteiger partial charge on any atom is 0.347 e. The van der Waals surface area contributed by atoms with Crippen LogP contribution >= 0.6 is 0 Å². The molecule has 0 saturated heterocycles. The van der Waals surface area contributed by atoms with Gasteiger partial charge in [-0.2, -0.15) is 0 Å². The number of unbranched alkanes of at least 4 members (excludes halogenated alkanes) is 1. The van der Waals surface area contributed by atoms with Gasteiger partial charge in [-0.1, -0.05) is 13.3 Å². The first-order valence-corrected chi connectivity index (χ1v) is 6.99. The number of aryl methyl sites for hydroxylation is 1. The molecular weight excluding hydrogens is 290 g/mol. The van der Waals surface area contributed by atoms with E-state index in [9.17, 15) is 19.7 Å². The van der Waals surface area contributed by atoms with Crippen LogP contribution in [0.1, 0.15) is 42.6 Å². The van der Waals surface area contributed by atoms with Gasteiger partial charge in [0.1, 0.15) is 0 Å². The lowest BCUT2D eigenvalue weighted by Gasteiger charge is -2.12. The highest BCUT2D eigenvalue weighted by molar-refractivity contribution is 5.91. The highest BCUT2D eigenvalue weighted by Gasteiger charge is 2.21. The van der Waals surface area contributed by atoms with E-state index in [4.69, 9.17) is 9.47 Å². The Kier molecular flexibility index (Phi) is 6.49. The van der Waals surface area contributed by atoms with Gasteiger partial charge in [0, 0.05) is 11.6 Å². The monoisotopic (exact) mass is 309 g/mol. The van der Waals surface area contributed by atoms with E-state index in [1.807, 2.05) is 6.92 Å². The Morgan fingerprint density at radius 1 is 1.36 bits per heavy atom. The molecule has 7 nitrogen and oxygen atoms in total. The van der Waals surface area contributed by atoms with E-state index >= 15 is 0 Å². The van der Waals surface area contributed by atoms with Gasteiger partial charge < -0.3 is 9.47 Å². The van der Waals surface area contributed by atoms with Gasteiger partial charge in [-0.3, -0.25) is 10.1 Å². The average Bonchev–Trinajstić information content (AvgIpc) is 2.46. The largest absolute Gasteiger partial charge is 0.463 e. The summed E-state index contributed by atoms with van der Waals surface area (Å²) in [6.45, 7) is 5.20. The Labute approximate surface area is 128 Å². The van der Waals surface area contributed by atoms with E-state index in [-0.39, 0.29) is 17.9 Å². The molecule has 1 atom stereocenters. The third-order valence-electron chi connectivity index (χ3n) is 2.99. The summed E-state index contributed by atoms with van der Waals surface area (Å²) in [6, 6.07) is 3.88. The van der Waals surface area contributed by atoms with Gasteiger partial charge in [0.25, 0.3) is 5.69 Å².